The monoisotopic (exact) mass is 271 g/mol. The topological polar surface area (TPSA) is 125 Å². The predicted octanol–water partition coefficient (Wildman–Crippen LogP) is 0.349. The second-order valence-corrected chi connectivity index (χ2v) is 3.82. The summed E-state index contributed by atoms with van der Waals surface area (Å²) in [6, 6.07) is 0. The van der Waals surface area contributed by atoms with E-state index < -0.39 is 4.92 Å². The fourth-order valence-electron chi connectivity index (χ4n) is 1.54. The zero-order valence-electron chi connectivity index (χ0n) is 11.0. The molecule has 0 aliphatic heterocycles. The van der Waals surface area contributed by atoms with Gasteiger partial charge in [-0.15, -0.1) is 0 Å². The maximum absolute atomic E-state index is 11.0. The molecule has 0 spiro atoms. The van der Waals surface area contributed by atoms with Crippen molar-refractivity contribution in [3.05, 3.63) is 15.8 Å². The summed E-state index contributed by atoms with van der Waals surface area (Å²) in [5.74, 6) is 0.0551. The summed E-state index contributed by atoms with van der Waals surface area (Å²) in [6.07, 6.45) is -0.249. The molecule has 0 aliphatic carbocycles. The first kappa shape index (κ1) is 15.1. The van der Waals surface area contributed by atoms with Crippen LogP contribution in [0.4, 0.5) is 17.5 Å². The maximum Gasteiger partial charge on any atom is 0.332 e. The van der Waals surface area contributed by atoms with Crippen molar-refractivity contribution in [2.45, 2.75) is 13.0 Å². The molecule has 1 rings (SSSR count). The van der Waals surface area contributed by atoms with Crippen LogP contribution in [-0.2, 0) is 9.47 Å². The highest BCUT2D eigenvalue weighted by molar-refractivity contribution is 5.60. The van der Waals surface area contributed by atoms with Crippen LogP contribution in [0.15, 0.2) is 0 Å². The number of nitrogens with one attached hydrogen (secondary N) is 1. The number of aromatic nitrogens is 2. The first-order valence-electron chi connectivity index (χ1n) is 5.53. The first-order valence-corrected chi connectivity index (χ1v) is 5.53. The van der Waals surface area contributed by atoms with E-state index in [9.17, 15) is 10.1 Å². The highest BCUT2D eigenvalue weighted by atomic mass is 16.6. The van der Waals surface area contributed by atoms with Crippen molar-refractivity contribution in [3.63, 3.8) is 0 Å². The molecule has 9 nitrogen and oxygen atoms in total. The fraction of sp³-hybridized carbons (Fsp3) is 0.600. The summed E-state index contributed by atoms with van der Waals surface area (Å²) < 4.78 is 10.1. The molecule has 1 aromatic rings. The van der Waals surface area contributed by atoms with Crippen LogP contribution in [0.2, 0.25) is 0 Å². The third-order valence-electron chi connectivity index (χ3n) is 2.44. The van der Waals surface area contributed by atoms with Crippen molar-refractivity contribution >= 4 is 17.5 Å². The molecule has 0 radical (unpaired) electrons. The molecule has 0 fully saturated rings. The minimum Gasteiger partial charge on any atom is -0.382 e. The Balaban J connectivity index is 2.90. The summed E-state index contributed by atoms with van der Waals surface area (Å²) in [4.78, 5) is 18.0. The SMILES string of the molecule is COCC(CNc1nc(N)nc(C)c1[N+](=O)[O-])OC. The predicted molar refractivity (Wildman–Crippen MR) is 69.0 cm³/mol. The Kier molecular flexibility index (Phi) is 5.39. The molecule has 3 N–H and O–H groups in total. The molecule has 1 atom stereocenters. The molecule has 9 heteroatoms. The minimum absolute atomic E-state index is 0.0219. The molecule has 0 saturated heterocycles. The smallest absolute Gasteiger partial charge is 0.332 e. The number of nitro groups is 1. The van der Waals surface area contributed by atoms with E-state index in [0.29, 0.717) is 13.2 Å². The number of nitrogen functional groups attached to an aromatic ring is 1. The van der Waals surface area contributed by atoms with Crippen molar-refractivity contribution < 1.29 is 14.4 Å². The normalized spacial score (nSPS) is 12.2. The lowest BCUT2D eigenvalue weighted by molar-refractivity contribution is -0.385. The van der Waals surface area contributed by atoms with E-state index in [1.807, 2.05) is 0 Å². The quantitative estimate of drug-likeness (QED) is 0.537. The van der Waals surface area contributed by atoms with Crippen LogP contribution < -0.4 is 11.1 Å². The molecular weight excluding hydrogens is 254 g/mol. The van der Waals surface area contributed by atoms with Crippen LogP contribution in [-0.4, -0.2) is 48.4 Å². The number of hydrogen-bond acceptors (Lipinski definition) is 8. The highest BCUT2D eigenvalue weighted by Gasteiger charge is 2.22. The van der Waals surface area contributed by atoms with Crippen molar-refractivity contribution in [2.75, 3.05) is 38.4 Å². The fourth-order valence-corrected chi connectivity index (χ4v) is 1.54. The first-order chi connectivity index (χ1) is 8.99. The number of rotatable bonds is 7. The molecule has 0 aliphatic rings. The van der Waals surface area contributed by atoms with Crippen LogP contribution in [0, 0.1) is 17.0 Å². The van der Waals surface area contributed by atoms with Crippen LogP contribution in [0.25, 0.3) is 0 Å². The van der Waals surface area contributed by atoms with Gasteiger partial charge in [0, 0.05) is 20.8 Å². The van der Waals surface area contributed by atoms with Crippen LogP contribution >= 0.6 is 0 Å². The zero-order chi connectivity index (χ0) is 14.4. The molecule has 0 bridgehead atoms. The summed E-state index contributed by atoms with van der Waals surface area (Å²) in [6.45, 7) is 2.17. The van der Waals surface area contributed by atoms with E-state index in [-0.39, 0.29) is 29.3 Å². The van der Waals surface area contributed by atoms with Crippen LogP contribution in [0.5, 0.6) is 0 Å². The van der Waals surface area contributed by atoms with Crippen molar-refractivity contribution in [3.8, 4) is 0 Å². The van der Waals surface area contributed by atoms with E-state index in [1.165, 1.54) is 14.0 Å². The van der Waals surface area contributed by atoms with Crippen LogP contribution in [0.3, 0.4) is 0 Å². The van der Waals surface area contributed by atoms with Gasteiger partial charge in [0.1, 0.15) is 5.69 Å². The molecule has 1 heterocycles. The van der Waals surface area contributed by atoms with Crippen LogP contribution in [0.1, 0.15) is 5.69 Å². The average Bonchev–Trinajstić information content (AvgIpc) is 2.32. The molecule has 0 amide bonds. The number of ether oxygens (including phenoxy) is 2. The van der Waals surface area contributed by atoms with Gasteiger partial charge in [-0.2, -0.15) is 4.98 Å². The van der Waals surface area contributed by atoms with Gasteiger partial charge in [-0.1, -0.05) is 0 Å². The molecule has 1 aromatic heterocycles. The van der Waals surface area contributed by atoms with E-state index in [2.05, 4.69) is 15.3 Å². The standard InChI is InChI=1S/C10H17N5O4/c1-6-8(15(16)17)9(14-10(11)13-6)12-4-7(19-3)5-18-2/h7H,4-5H2,1-3H3,(H3,11,12,13,14). The van der Waals surface area contributed by atoms with E-state index in [4.69, 9.17) is 15.2 Å². The Labute approximate surface area is 110 Å². The van der Waals surface area contributed by atoms with E-state index in [1.54, 1.807) is 7.11 Å². The number of aryl methyl sites for hydroxylation is 1. The van der Waals surface area contributed by atoms with Crippen molar-refractivity contribution in [2.24, 2.45) is 0 Å². The number of methoxy groups -OCH3 is 2. The highest BCUT2D eigenvalue weighted by Crippen LogP contribution is 2.25. The Hall–Kier alpha value is -2.00. The Morgan fingerprint density at radius 2 is 2.16 bits per heavy atom. The maximum atomic E-state index is 11.0. The van der Waals surface area contributed by atoms with Gasteiger partial charge in [0.15, 0.2) is 0 Å². The van der Waals surface area contributed by atoms with Gasteiger partial charge < -0.3 is 20.5 Å². The summed E-state index contributed by atoms with van der Waals surface area (Å²) in [5.41, 5.74) is 5.50. The number of nitrogens with zero attached hydrogens (tertiary/aromatic N) is 3. The zero-order valence-corrected chi connectivity index (χ0v) is 11.0. The van der Waals surface area contributed by atoms with Gasteiger partial charge in [-0.05, 0) is 6.92 Å². The molecular formula is C10H17N5O4. The van der Waals surface area contributed by atoms with Gasteiger partial charge in [-0.3, -0.25) is 10.1 Å². The number of anilines is 2. The Morgan fingerprint density at radius 1 is 1.47 bits per heavy atom. The van der Waals surface area contributed by atoms with Gasteiger partial charge in [0.05, 0.1) is 17.6 Å². The summed E-state index contributed by atoms with van der Waals surface area (Å²) in [7, 11) is 3.07. The summed E-state index contributed by atoms with van der Waals surface area (Å²) in [5, 5.41) is 13.8. The lowest BCUT2D eigenvalue weighted by Gasteiger charge is -2.15. The van der Waals surface area contributed by atoms with Gasteiger partial charge in [-0.25, -0.2) is 4.98 Å². The minimum atomic E-state index is -0.546. The molecule has 19 heavy (non-hydrogen) atoms. The second kappa shape index (κ2) is 6.81. The van der Waals surface area contributed by atoms with Gasteiger partial charge in [0.2, 0.25) is 11.8 Å². The largest absolute Gasteiger partial charge is 0.382 e. The van der Waals surface area contributed by atoms with Gasteiger partial charge >= 0.3 is 5.69 Å². The number of hydrogen-bond donors (Lipinski definition) is 2. The van der Waals surface area contributed by atoms with Crippen molar-refractivity contribution in [1.29, 1.82) is 0 Å². The van der Waals surface area contributed by atoms with E-state index in [0.717, 1.165) is 0 Å². The molecule has 1 unspecified atom stereocenters. The average molecular weight is 271 g/mol. The second-order valence-electron chi connectivity index (χ2n) is 3.82. The third-order valence-corrected chi connectivity index (χ3v) is 2.44. The summed E-state index contributed by atoms with van der Waals surface area (Å²) >= 11 is 0. The third kappa shape index (κ3) is 4.00. The van der Waals surface area contributed by atoms with E-state index >= 15 is 0 Å². The molecule has 0 saturated carbocycles. The Morgan fingerprint density at radius 3 is 2.68 bits per heavy atom. The van der Waals surface area contributed by atoms with Gasteiger partial charge in [0.25, 0.3) is 0 Å². The molecule has 106 valence electrons. The molecule has 0 aromatic carbocycles. The van der Waals surface area contributed by atoms with Crippen molar-refractivity contribution in [1.82, 2.24) is 9.97 Å². The lowest BCUT2D eigenvalue weighted by atomic mass is 10.3. The number of nitrogens with two attached hydrogens (primary N) is 1. The Bertz CT molecular complexity index is 454. The lowest BCUT2D eigenvalue weighted by Crippen LogP contribution is -2.27.